The first kappa shape index (κ1) is 13.0. The summed E-state index contributed by atoms with van der Waals surface area (Å²) in [4.78, 5) is 0. The van der Waals surface area contributed by atoms with Gasteiger partial charge in [-0.05, 0) is 23.8 Å². The van der Waals surface area contributed by atoms with Crippen LogP contribution in [0, 0.1) is 0 Å². The summed E-state index contributed by atoms with van der Waals surface area (Å²) in [5.41, 5.74) is -1.74. The number of ether oxygens (including phenoxy) is 1. The molecule has 1 unspecified atom stereocenters. The van der Waals surface area contributed by atoms with Crippen molar-refractivity contribution in [2.75, 3.05) is 6.61 Å². The van der Waals surface area contributed by atoms with Gasteiger partial charge < -0.3 is 4.74 Å². The van der Waals surface area contributed by atoms with E-state index >= 15 is 0 Å². The second-order valence-electron chi connectivity index (χ2n) is 4.00. The zero-order valence-electron chi connectivity index (χ0n) is 8.65. The van der Waals surface area contributed by atoms with Crippen molar-refractivity contribution in [1.29, 1.82) is 0 Å². The first-order valence-electron chi connectivity index (χ1n) is 4.99. The van der Waals surface area contributed by atoms with Crippen LogP contribution in [0.15, 0.2) is 18.2 Å². The summed E-state index contributed by atoms with van der Waals surface area (Å²) in [5, 5.41) is 0.634. The summed E-state index contributed by atoms with van der Waals surface area (Å²) in [6.07, 6.45) is -4.73. The van der Waals surface area contributed by atoms with Crippen LogP contribution in [0.5, 0.6) is 0 Å². The molecule has 0 aliphatic carbocycles. The summed E-state index contributed by atoms with van der Waals surface area (Å²) in [6.45, 7) is 0.123. The number of rotatable bonds is 2. The summed E-state index contributed by atoms with van der Waals surface area (Å²) >= 11 is 11.6. The minimum absolute atomic E-state index is 0.0423. The highest BCUT2D eigenvalue weighted by Gasteiger charge is 2.60. The molecule has 1 atom stereocenters. The zero-order chi connectivity index (χ0) is 12.7. The third-order valence-corrected chi connectivity index (χ3v) is 3.49. The molecule has 1 nitrogen and oxygen atoms in total. The molecular formula is C11H9Cl2F3O. The van der Waals surface area contributed by atoms with Crippen LogP contribution in [0.4, 0.5) is 13.2 Å². The van der Waals surface area contributed by atoms with Crippen molar-refractivity contribution in [2.45, 2.75) is 24.6 Å². The van der Waals surface area contributed by atoms with Crippen LogP contribution in [0.2, 0.25) is 10.0 Å². The van der Waals surface area contributed by atoms with E-state index in [2.05, 4.69) is 0 Å². The molecule has 0 N–H and O–H groups in total. The number of hydrogen-bond acceptors (Lipinski definition) is 1. The standard InChI is InChI=1S/C11H9Cl2F3O/c12-8-1-2-9(13)7(5-8)6-10(3-4-17-10)11(14,15)16/h1-2,5H,3-4,6H2. The maximum Gasteiger partial charge on any atom is 0.417 e. The van der Waals surface area contributed by atoms with E-state index in [0.29, 0.717) is 10.6 Å². The van der Waals surface area contributed by atoms with Gasteiger partial charge in [-0.2, -0.15) is 13.2 Å². The smallest absolute Gasteiger partial charge is 0.365 e. The van der Waals surface area contributed by atoms with Crippen molar-refractivity contribution in [1.82, 2.24) is 0 Å². The lowest BCUT2D eigenvalue weighted by Crippen LogP contribution is -2.57. The molecule has 2 rings (SSSR count). The topological polar surface area (TPSA) is 9.23 Å². The van der Waals surface area contributed by atoms with E-state index in [0.717, 1.165) is 0 Å². The first-order chi connectivity index (χ1) is 7.84. The molecule has 0 radical (unpaired) electrons. The predicted octanol–water partition coefficient (Wildman–Crippen LogP) is 4.26. The third-order valence-electron chi connectivity index (χ3n) is 2.88. The van der Waals surface area contributed by atoms with Crippen molar-refractivity contribution in [3.63, 3.8) is 0 Å². The Hall–Kier alpha value is -0.450. The molecule has 0 bridgehead atoms. The second kappa shape index (κ2) is 4.34. The molecule has 1 fully saturated rings. The van der Waals surface area contributed by atoms with Crippen molar-refractivity contribution in [3.05, 3.63) is 33.8 Å². The van der Waals surface area contributed by atoms with Crippen LogP contribution in [0.1, 0.15) is 12.0 Å². The Morgan fingerprint density at radius 2 is 1.94 bits per heavy atom. The number of alkyl halides is 3. The van der Waals surface area contributed by atoms with Gasteiger partial charge in [0, 0.05) is 22.9 Å². The van der Waals surface area contributed by atoms with Gasteiger partial charge in [-0.15, -0.1) is 0 Å². The average molecular weight is 285 g/mol. The number of benzene rings is 1. The number of halogens is 5. The van der Waals surface area contributed by atoms with E-state index in [9.17, 15) is 13.2 Å². The number of hydrogen-bond donors (Lipinski definition) is 0. The van der Waals surface area contributed by atoms with Gasteiger partial charge >= 0.3 is 6.18 Å². The fourth-order valence-corrected chi connectivity index (χ4v) is 2.18. The quantitative estimate of drug-likeness (QED) is 0.789. The Kier molecular flexibility index (Phi) is 3.31. The van der Waals surface area contributed by atoms with Crippen LogP contribution in [-0.2, 0) is 11.2 Å². The van der Waals surface area contributed by atoms with Gasteiger partial charge in [-0.3, -0.25) is 0 Å². The monoisotopic (exact) mass is 284 g/mol. The molecule has 17 heavy (non-hydrogen) atoms. The van der Waals surface area contributed by atoms with Gasteiger partial charge in [-0.1, -0.05) is 23.2 Å². The first-order valence-corrected chi connectivity index (χ1v) is 5.74. The maximum absolute atomic E-state index is 12.9. The Morgan fingerprint density at radius 1 is 1.29 bits per heavy atom. The normalized spacial score (nSPS) is 24.5. The van der Waals surface area contributed by atoms with Gasteiger partial charge in [-0.25, -0.2) is 0 Å². The molecular weight excluding hydrogens is 276 g/mol. The predicted molar refractivity (Wildman–Crippen MR) is 59.5 cm³/mol. The van der Waals surface area contributed by atoms with E-state index in [-0.39, 0.29) is 24.5 Å². The van der Waals surface area contributed by atoms with E-state index < -0.39 is 11.8 Å². The molecule has 0 aromatic heterocycles. The van der Waals surface area contributed by atoms with Crippen LogP contribution in [0.25, 0.3) is 0 Å². The van der Waals surface area contributed by atoms with E-state index in [1.807, 2.05) is 0 Å². The molecule has 0 saturated carbocycles. The highest BCUT2D eigenvalue weighted by Crippen LogP contribution is 2.45. The molecule has 1 saturated heterocycles. The van der Waals surface area contributed by atoms with Crippen LogP contribution >= 0.6 is 23.2 Å². The minimum Gasteiger partial charge on any atom is -0.365 e. The largest absolute Gasteiger partial charge is 0.417 e. The van der Waals surface area contributed by atoms with E-state index in [1.165, 1.54) is 18.2 Å². The summed E-state index contributed by atoms with van der Waals surface area (Å²) < 4.78 is 43.4. The fraction of sp³-hybridized carbons (Fsp3) is 0.455. The molecule has 1 aliphatic heterocycles. The van der Waals surface area contributed by atoms with E-state index in [1.54, 1.807) is 0 Å². The summed E-state index contributed by atoms with van der Waals surface area (Å²) in [7, 11) is 0. The average Bonchev–Trinajstić information content (AvgIpc) is 2.14. The van der Waals surface area contributed by atoms with Gasteiger partial charge in [0.2, 0.25) is 0 Å². The van der Waals surface area contributed by atoms with Crippen molar-refractivity contribution < 1.29 is 17.9 Å². The molecule has 1 aliphatic rings. The van der Waals surface area contributed by atoms with Crippen LogP contribution in [-0.4, -0.2) is 18.4 Å². The molecule has 94 valence electrons. The molecule has 1 aromatic carbocycles. The van der Waals surface area contributed by atoms with Gasteiger partial charge in [0.25, 0.3) is 0 Å². The fourth-order valence-electron chi connectivity index (χ4n) is 1.80. The highest BCUT2D eigenvalue weighted by atomic mass is 35.5. The van der Waals surface area contributed by atoms with Crippen molar-refractivity contribution in [3.8, 4) is 0 Å². The van der Waals surface area contributed by atoms with Crippen molar-refractivity contribution >= 4 is 23.2 Å². The van der Waals surface area contributed by atoms with Crippen LogP contribution < -0.4 is 0 Å². The van der Waals surface area contributed by atoms with E-state index in [4.69, 9.17) is 27.9 Å². The second-order valence-corrected chi connectivity index (χ2v) is 4.85. The lowest BCUT2D eigenvalue weighted by molar-refractivity contribution is -0.324. The van der Waals surface area contributed by atoms with Gasteiger partial charge in [0.15, 0.2) is 5.60 Å². The highest BCUT2D eigenvalue weighted by molar-refractivity contribution is 6.33. The van der Waals surface area contributed by atoms with Gasteiger partial charge in [0.1, 0.15) is 0 Å². The Labute approximate surface area is 106 Å². The third kappa shape index (κ3) is 2.39. The van der Waals surface area contributed by atoms with Gasteiger partial charge in [0.05, 0.1) is 6.61 Å². The Balaban J connectivity index is 2.28. The lowest BCUT2D eigenvalue weighted by Gasteiger charge is -2.43. The van der Waals surface area contributed by atoms with Crippen LogP contribution in [0.3, 0.4) is 0 Å². The summed E-state index contributed by atoms with van der Waals surface area (Å²) in [6, 6.07) is 4.47. The minimum atomic E-state index is -4.39. The Bertz CT molecular complexity index is 427. The molecule has 0 amide bonds. The summed E-state index contributed by atoms with van der Waals surface area (Å²) in [5.74, 6) is 0. The zero-order valence-corrected chi connectivity index (χ0v) is 10.2. The Morgan fingerprint density at radius 3 is 2.41 bits per heavy atom. The molecule has 1 heterocycles. The SMILES string of the molecule is FC(F)(F)C1(Cc2cc(Cl)ccc2Cl)CCO1. The lowest BCUT2D eigenvalue weighted by atomic mass is 9.86. The molecule has 0 spiro atoms. The molecule has 1 aromatic rings. The molecule has 6 heteroatoms. The van der Waals surface area contributed by atoms with Crippen molar-refractivity contribution in [2.24, 2.45) is 0 Å². The maximum atomic E-state index is 12.9.